The number of furan rings is 1. The van der Waals surface area contributed by atoms with Crippen LogP contribution in [0.2, 0.25) is 0 Å². The van der Waals surface area contributed by atoms with E-state index in [1.807, 2.05) is 0 Å². The molecule has 9 aromatic rings. The molecule has 0 atom stereocenters. The second-order valence-electron chi connectivity index (χ2n) is 9.51. The van der Waals surface area contributed by atoms with E-state index in [1.165, 1.54) is 0 Å². The summed E-state index contributed by atoms with van der Waals surface area (Å²) in [5, 5.41) is -3.81. The van der Waals surface area contributed by atoms with Gasteiger partial charge in [-0.3, -0.25) is 0 Å². The lowest BCUT2D eigenvalue weighted by Gasteiger charge is -2.18. The second kappa shape index (κ2) is 10.4. The molecule has 1 nitrogen and oxygen atoms in total. The van der Waals surface area contributed by atoms with E-state index in [2.05, 4.69) is 0 Å². The fourth-order valence-corrected chi connectivity index (χ4v) is 5.17. The predicted molar refractivity (Wildman–Crippen MR) is 190 cm³/mol. The van der Waals surface area contributed by atoms with Crippen LogP contribution < -0.4 is 0 Å². The highest BCUT2D eigenvalue weighted by atomic mass is 16.3. The quantitative estimate of drug-likeness (QED) is 0.183. The van der Waals surface area contributed by atoms with Crippen LogP contribution in [0.3, 0.4) is 0 Å². The lowest BCUT2D eigenvalue weighted by Crippen LogP contribution is -1.91. The van der Waals surface area contributed by atoms with E-state index in [4.69, 9.17) is 27.7 Å². The van der Waals surface area contributed by atoms with Crippen LogP contribution in [-0.2, 0) is 0 Å². The van der Waals surface area contributed by atoms with Gasteiger partial charge in [0.1, 0.15) is 11.2 Å². The summed E-state index contributed by atoms with van der Waals surface area (Å²) in [5.41, 5.74) is -7.67. The molecule has 0 aliphatic rings. The zero-order chi connectivity index (χ0) is 54.1. The molecule has 1 aromatic heterocycles. The molecule has 0 aliphatic carbocycles. The summed E-state index contributed by atoms with van der Waals surface area (Å²) in [6, 6.07) is -26.8. The van der Waals surface area contributed by atoms with Gasteiger partial charge in [-0.15, -0.1) is 0 Å². The highest BCUT2D eigenvalue weighted by Gasteiger charge is 2.18. The molecule has 0 amide bonds. The lowest BCUT2D eigenvalue weighted by atomic mass is 9.85. The first-order valence-corrected chi connectivity index (χ1v) is 13.2. The molecule has 0 radical (unpaired) electrons. The highest BCUT2D eigenvalue weighted by Crippen LogP contribution is 2.45. The van der Waals surface area contributed by atoms with Crippen LogP contribution in [-0.4, -0.2) is 0 Å². The minimum absolute atomic E-state index is 0.383. The Morgan fingerprint density at radius 2 is 0.733 bits per heavy atom. The van der Waals surface area contributed by atoms with Crippen LogP contribution >= 0.6 is 0 Å². The molecule has 1 heterocycles. The van der Waals surface area contributed by atoms with Crippen molar-refractivity contribution >= 4 is 43.5 Å². The van der Waals surface area contributed by atoms with Crippen molar-refractivity contribution in [3.05, 3.63) is 169 Å². The van der Waals surface area contributed by atoms with Crippen LogP contribution in [0.15, 0.2) is 174 Å². The van der Waals surface area contributed by atoms with Crippen molar-refractivity contribution in [3.8, 4) is 44.5 Å². The molecule has 0 saturated heterocycles. The molecule has 0 aliphatic heterocycles. The van der Waals surface area contributed by atoms with E-state index < -0.39 is 252 Å². The number of hydrogen-bond acceptors (Lipinski definition) is 1. The van der Waals surface area contributed by atoms with Gasteiger partial charge in [0.15, 0.2) is 0 Å². The van der Waals surface area contributed by atoms with Crippen molar-refractivity contribution in [2.24, 2.45) is 0 Å². The predicted octanol–water partition coefficient (Wildman–Crippen LogP) is 12.6. The molecule has 8 aromatic carbocycles. The Balaban J connectivity index is 1.53. The van der Waals surface area contributed by atoms with E-state index in [0.717, 1.165) is 0 Å². The molecule has 9 rings (SSSR count). The van der Waals surface area contributed by atoms with E-state index in [1.54, 1.807) is 0 Å². The average Bonchev–Trinajstić information content (AvgIpc) is 3.78. The summed E-state index contributed by atoms with van der Waals surface area (Å²) >= 11 is 0. The summed E-state index contributed by atoms with van der Waals surface area (Å²) in [6.45, 7) is 0. The van der Waals surface area contributed by atoms with Crippen LogP contribution in [0, 0.1) is 0 Å². The summed E-state index contributed by atoms with van der Waals surface area (Å²) in [4.78, 5) is 0. The molecule has 0 unspecified atom stereocenters. The summed E-state index contributed by atoms with van der Waals surface area (Å²) in [6.07, 6.45) is 0. The summed E-state index contributed by atoms with van der Waals surface area (Å²) in [7, 11) is 0. The van der Waals surface area contributed by atoms with E-state index >= 15 is 0 Å². The SMILES string of the molecule is [2H]c1c([2H])c([2H])c(-c2c([2H])c([2H])c([2H])c([2H])c2-c2c([2H])c([2H])c(-c3c4c([2H])c([2H])c([2H])c([2H])c4c(-c4c([2H])c([2H])c5c(oc6c([2H])c([2H])c([2H])c([2H])c65)c4[2H])c4c([2H])c([2H])c([2H])c([2H])c34)c([2H])c2[2H])c([2H])c1[2H]. The van der Waals surface area contributed by atoms with Crippen LogP contribution in [0.5, 0.6) is 0 Å². The number of rotatable bonds is 4. The van der Waals surface area contributed by atoms with Gasteiger partial charge in [-0.05, 0) is 84.2 Å². The Hall–Kier alpha value is -5.92. The van der Waals surface area contributed by atoms with Crippen molar-refractivity contribution < 1.29 is 42.8 Å². The van der Waals surface area contributed by atoms with Gasteiger partial charge >= 0.3 is 0 Å². The minimum atomic E-state index is -1.15. The maximum atomic E-state index is 9.57. The largest absolute Gasteiger partial charge is 0.456 e. The first-order chi connectivity index (χ1) is 34.0. The Morgan fingerprint density at radius 1 is 0.311 bits per heavy atom. The van der Waals surface area contributed by atoms with Crippen LogP contribution in [0.1, 0.15) is 38.4 Å². The van der Waals surface area contributed by atoms with E-state index in [-0.39, 0.29) is 5.39 Å². The molecular weight excluding hydrogens is 544 g/mol. The molecule has 0 saturated carbocycles. The Kier molecular flexibility index (Phi) is 2.32. The van der Waals surface area contributed by atoms with Gasteiger partial charge in [-0.2, -0.15) is 0 Å². The van der Waals surface area contributed by atoms with Gasteiger partial charge in [0.2, 0.25) is 0 Å². The van der Waals surface area contributed by atoms with Crippen molar-refractivity contribution in [2.75, 3.05) is 0 Å². The summed E-state index contributed by atoms with van der Waals surface area (Å²) in [5.74, 6) is 0. The van der Waals surface area contributed by atoms with Crippen molar-refractivity contribution in [2.45, 2.75) is 0 Å². The van der Waals surface area contributed by atoms with Gasteiger partial charge in [-0.1, -0.05) is 151 Å². The normalized spacial score (nSPS) is 20.3. The van der Waals surface area contributed by atoms with Crippen molar-refractivity contribution in [1.82, 2.24) is 0 Å². The smallest absolute Gasteiger partial charge is 0.136 e. The molecule has 210 valence electrons. The second-order valence-corrected chi connectivity index (χ2v) is 9.51. The van der Waals surface area contributed by atoms with E-state index in [0.29, 0.717) is 0 Å². The van der Waals surface area contributed by atoms with Crippen LogP contribution in [0.25, 0.3) is 88.0 Å². The summed E-state index contributed by atoms with van der Waals surface area (Å²) < 4.78 is 255. The Bertz CT molecular complexity index is 3980. The monoisotopic (exact) mass is 600 g/mol. The lowest BCUT2D eigenvalue weighted by molar-refractivity contribution is 0.669. The number of benzene rings is 8. The molecule has 1 heteroatoms. The zero-order valence-corrected chi connectivity index (χ0v) is 22.4. The van der Waals surface area contributed by atoms with Crippen molar-refractivity contribution in [1.29, 1.82) is 0 Å². The fourth-order valence-electron chi connectivity index (χ4n) is 5.17. The Labute approximate surface area is 301 Å². The third-order valence-electron chi connectivity index (χ3n) is 7.07. The first-order valence-electron chi connectivity index (χ1n) is 27.2. The maximum absolute atomic E-state index is 9.57. The number of hydrogen-bond donors (Lipinski definition) is 0. The molecule has 0 fully saturated rings. The third kappa shape index (κ3) is 4.17. The molecule has 0 bridgehead atoms. The topological polar surface area (TPSA) is 13.1 Å². The van der Waals surface area contributed by atoms with Crippen molar-refractivity contribution in [3.63, 3.8) is 0 Å². The van der Waals surface area contributed by atoms with Crippen LogP contribution in [0.4, 0.5) is 0 Å². The molecular formula is C44H28O. The maximum Gasteiger partial charge on any atom is 0.136 e. The minimum Gasteiger partial charge on any atom is -0.456 e. The fraction of sp³-hybridized carbons (Fsp3) is 0. The van der Waals surface area contributed by atoms with Gasteiger partial charge in [-0.25, -0.2) is 0 Å². The van der Waals surface area contributed by atoms with Gasteiger partial charge in [0.05, 0.1) is 38.4 Å². The van der Waals surface area contributed by atoms with Gasteiger partial charge in [0.25, 0.3) is 0 Å². The zero-order valence-electron chi connectivity index (χ0n) is 50.4. The third-order valence-corrected chi connectivity index (χ3v) is 7.07. The number of para-hydroxylation sites is 1. The standard InChI is InChI=1S/C44H28O/c1-2-12-29(13-3-1)33-14-4-5-15-34(33)30-22-24-31(25-23-30)43-37-17-6-8-19-39(37)44(40-20-9-7-18-38(40)43)32-26-27-36-35-16-10-11-21-41(35)45-42(36)28-32/h1-28H/i1D,2D,3D,4D,5D,6D,7D,8D,9D,10D,11D,12D,13D,14D,15D,16D,17D,18D,19D,20D,21D,22D,23D,24D,25D,26D,27D,28D. The Morgan fingerprint density at radius 3 is 1.36 bits per heavy atom. The van der Waals surface area contributed by atoms with Gasteiger partial charge < -0.3 is 4.42 Å². The highest BCUT2D eigenvalue weighted by molar-refractivity contribution is 6.22. The van der Waals surface area contributed by atoms with E-state index in [9.17, 15) is 15.1 Å². The molecule has 45 heavy (non-hydrogen) atoms. The molecule has 0 spiro atoms. The van der Waals surface area contributed by atoms with Gasteiger partial charge in [0, 0.05) is 10.8 Å². The number of fused-ring (bicyclic) bond motifs is 5. The first kappa shape index (κ1) is 10.1. The molecule has 0 N–H and O–H groups in total. The average molecular weight is 601 g/mol.